The molecule has 2 atom stereocenters. The van der Waals surface area contributed by atoms with Crippen molar-refractivity contribution in [2.45, 2.75) is 38.1 Å². The van der Waals surface area contributed by atoms with Gasteiger partial charge in [-0.2, -0.15) is 0 Å². The summed E-state index contributed by atoms with van der Waals surface area (Å²) in [7, 11) is 0. The van der Waals surface area contributed by atoms with Crippen LogP contribution in [0.25, 0.3) is 0 Å². The van der Waals surface area contributed by atoms with E-state index < -0.39 is 29.7 Å². The fraction of sp³-hybridized carbons (Fsp3) is 0.778. The van der Waals surface area contributed by atoms with E-state index >= 15 is 0 Å². The van der Waals surface area contributed by atoms with Gasteiger partial charge in [-0.1, -0.05) is 0 Å². The molecule has 0 aromatic heterocycles. The number of β-amino-alcohol motifs (C(OH)–C–C–N with tert-alkyl or cyclic N) is 1. The Balaban J connectivity index is 2.85. The minimum Gasteiger partial charge on any atom is -0.480 e. The number of hydrogen-bond acceptors (Lipinski definition) is 3. The van der Waals surface area contributed by atoms with Gasteiger partial charge in [0.05, 0.1) is 6.10 Å². The largest absolute Gasteiger partial charge is 0.480 e. The van der Waals surface area contributed by atoms with Gasteiger partial charge in [0.2, 0.25) is 0 Å². The molecule has 1 aliphatic rings. The predicted octanol–water partition coefficient (Wildman–Crippen LogP) is -0.219. The highest BCUT2D eigenvalue weighted by molar-refractivity contribution is 5.89. The zero-order valence-electron chi connectivity index (χ0n) is 8.61. The van der Waals surface area contributed by atoms with E-state index in [1.807, 2.05) is 0 Å². The molecule has 0 bridgehead atoms. The van der Waals surface area contributed by atoms with E-state index in [0.29, 0.717) is 0 Å². The van der Waals surface area contributed by atoms with Gasteiger partial charge in [0.1, 0.15) is 6.04 Å². The monoisotopic (exact) mass is 219 g/mol. The summed E-state index contributed by atoms with van der Waals surface area (Å²) in [5.74, 6) is -2.12. The Kier molecular flexibility index (Phi) is 2.99. The fourth-order valence-electron chi connectivity index (χ4n) is 1.61. The molecule has 1 amide bonds. The van der Waals surface area contributed by atoms with Crippen molar-refractivity contribution in [3.63, 3.8) is 0 Å². The summed E-state index contributed by atoms with van der Waals surface area (Å²) in [6, 6.07) is -1.12. The highest BCUT2D eigenvalue weighted by atomic mass is 19.1. The van der Waals surface area contributed by atoms with Gasteiger partial charge in [0, 0.05) is 13.0 Å². The van der Waals surface area contributed by atoms with Crippen LogP contribution >= 0.6 is 0 Å². The van der Waals surface area contributed by atoms with Crippen molar-refractivity contribution in [2.75, 3.05) is 6.54 Å². The zero-order chi connectivity index (χ0) is 11.8. The lowest BCUT2D eigenvalue weighted by atomic mass is 10.1. The second-order valence-electron chi connectivity index (χ2n) is 4.17. The van der Waals surface area contributed by atoms with Crippen LogP contribution in [0.3, 0.4) is 0 Å². The third-order valence-corrected chi connectivity index (χ3v) is 2.33. The number of aliphatic hydroxyl groups excluding tert-OH is 1. The van der Waals surface area contributed by atoms with Gasteiger partial charge in [-0.25, -0.2) is 9.18 Å². The first-order valence-electron chi connectivity index (χ1n) is 4.64. The molecule has 2 N–H and O–H groups in total. The average molecular weight is 219 g/mol. The highest BCUT2D eigenvalue weighted by Crippen LogP contribution is 2.23. The number of amides is 1. The first-order chi connectivity index (χ1) is 6.73. The third kappa shape index (κ3) is 2.44. The molecular weight excluding hydrogens is 205 g/mol. The SMILES string of the molecule is CC(C)(F)C(=O)N1C[C@H](O)C[C@@H]1C(=O)O. The minimum absolute atomic E-state index is 0.0445. The number of alkyl halides is 1. The van der Waals surface area contributed by atoms with Crippen molar-refractivity contribution in [3.8, 4) is 0 Å². The van der Waals surface area contributed by atoms with Crippen LogP contribution in [0.15, 0.2) is 0 Å². The molecule has 0 aliphatic carbocycles. The summed E-state index contributed by atoms with van der Waals surface area (Å²) in [5, 5.41) is 18.0. The number of carbonyl (C=O) groups is 2. The molecule has 15 heavy (non-hydrogen) atoms. The van der Waals surface area contributed by atoms with E-state index in [2.05, 4.69) is 0 Å². The normalized spacial score (nSPS) is 26.8. The van der Waals surface area contributed by atoms with Gasteiger partial charge in [0.25, 0.3) is 5.91 Å². The van der Waals surface area contributed by atoms with Crippen molar-refractivity contribution in [1.82, 2.24) is 4.90 Å². The second kappa shape index (κ2) is 3.77. The van der Waals surface area contributed by atoms with Crippen LogP contribution in [-0.2, 0) is 9.59 Å². The summed E-state index contributed by atoms with van der Waals surface area (Å²) >= 11 is 0. The number of nitrogens with zero attached hydrogens (tertiary/aromatic N) is 1. The standard InChI is InChI=1S/C9H14FNO4/c1-9(2,10)8(15)11-4-5(12)3-6(11)7(13)14/h5-6,12H,3-4H2,1-2H3,(H,13,14)/t5-,6-/m1/s1. The van der Waals surface area contributed by atoms with E-state index in [4.69, 9.17) is 5.11 Å². The summed E-state index contributed by atoms with van der Waals surface area (Å²) in [6.07, 6.45) is -0.936. The molecule has 1 fully saturated rings. The van der Waals surface area contributed by atoms with Crippen molar-refractivity contribution in [2.24, 2.45) is 0 Å². The molecule has 5 nitrogen and oxygen atoms in total. The van der Waals surface area contributed by atoms with Gasteiger partial charge >= 0.3 is 5.97 Å². The highest BCUT2D eigenvalue weighted by Gasteiger charge is 2.43. The maximum atomic E-state index is 13.3. The van der Waals surface area contributed by atoms with Crippen molar-refractivity contribution >= 4 is 11.9 Å². The summed E-state index contributed by atoms with van der Waals surface area (Å²) < 4.78 is 13.3. The third-order valence-electron chi connectivity index (χ3n) is 2.33. The quantitative estimate of drug-likeness (QED) is 0.673. The number of aliphatic carboxylic acids is 1. The number of aliphatic hydroxyl groups is 1. The number of carboxylic acid groups (broad SMARTS) is 1. The average Bonchev–Trinajstić information content (AvgIpc) is 2.44. The molecule has 0 aromatic carbocycles. The molecule has 0 aromatic rings. The van der Waals surface area contributed by atoms with Crippen LogP contribution in [0.1, 0.15) is 20.3 Å². The van der Waals surface area contributed by atoms with Crippen LogP contribution in [0.4, 0.5) is 4.39 Å². The van der Waals surface area contributed by atoms with E-state index in [0.717, 1.165) is 18.7 Å². The number of hydrogen-bond donors (Lipinski definition) is 2. The van der Waals surface area contributed by atoms with Crippen molar-refractivity contribution in [1.29, 1.82) is 0 Å². The number of rotatable bonds is 2. The Bertz CT molecular complexity index is 286. The maximum Gasteiger partial charge on any atom is 0.326 e. The van der Waals surface area contributed by atoms with Gasteiger partial charge in [0.15, 0.2) is 5.67 Å². The van der Waals surface area contributed by atoms with E-state index in [-0.39, 0.29) is 13.0 Å². The van der Waals surface area contributed by atoms with Crippen molar-refractivity contribution < 1.29 is 24.2 Å². The number of carboxylic acids is 1. The molecule has 1 rings (SSSR count). The lowest BCUT2D eigenvalue weighted by Gasteiger charge is -2.26. The number of likely N-dealkylation sites (tertiary alicyclic amines) is 1. The van der Waals surface area contributed by atoms with Crippen molar-refractivity contribution in [3.05, 3.63) is 0 Å². The molecule has 0 unspecified atom stereocenters. The molecule has 0 radical (unpaired) electrons. The van der Waals surface area contributed by atoms with Gasteiger partial charge < -0.3 is 15.1 Å². The van der Waals surface area contributed by atoms with Crippen LogP contribution in [0.5, 0.6) is 0 Å². The summed E-state index contributed by atoms with van der Waals surface area (Å²) in [5.41, 5.74) is -2.11. The Labute approximate surface area is 86.5 Å². The number of halogens is 1. The van der Waals surface area contributed by atoms with Gasteiger partial charge in [-0.05, 0) is 13.8 Å². The van der Waals surface area contributed by atoms with Crippen LogP contribution in [0, 0.1) is 0 Å². The molecular formula is C9H14FNO4. The summed E-state index contributed by atoms with van der Waals surface area (Å²) in [4.78, 5) is 23.1. The van der Waals surface area contributed by atoms with E-state index in [9.17, 15) is 19.1 Å². The molecule has 1 heterocycles. The van der Waals surface area contributed by atoms with Crippen LogP contribution in [-0.4, -0.2) is 51.3 Å². The Morgan fingerprint density at radius 2 is 2.00 bits per heavy atom. The molecule has 0 saturated carbocycles. The zero-order valence-corrected chi connectivity index (χ0v) is 8.61. The van der Waals surface area contributed by atoms with Gasteiger partial charge in [-0.3, -0.25) is 4.79 Å². The summed E-state index contributed by atoms with van der Waals surface area (Å²) in [6.45, 7) is 2.01. The Morgan fingerprint density at radius 3 is 2.40 bits per heavy atom. The first kappa shape index (κ1) is 11.9. The predicted molar refractivity (Wildman–Crippen MR) is 48.9 cm³/mol. The molecule has 1 saturated heterocycles. The Hall–Kier alpha value is -1.17. The number of carbonyl (C=O) groups excluding carboxylic acids is 1. The lowest BCUT2D eigenvalue weighted by Crippen LogP contribution is -2.48. The Morgan fingerprint density at radius 1 is 1.47 bits per heavy atom. The fourth-order valence-corrected chi connectivity index (χ4v) is 1.61. The second-order valence-corrected chi connectivity index (χ2v) is 4.17. The molecule has 1 aliphatic heterocycles. The molecule has 86 valence electrons. The first-order valence-corrected chi connectivity index (χ1v) is 4.64. The van der Waals surface area contributed by atoms with Crippen LogP contribution in [0.2, 0.25) is 0 Å². The molecule has 0 spiro atoms. The van der Waals surface area contributed by atoms with E-state index in [1.165, 1.54) is 0 Å². The van der Waals surface area contributed by atoms with Crippen LogP contribution < -0.4 is 0 Å². The minimum atomic E-state index is -2.11. The smallest absolute Gasteiger partial charge is 0.326 e. The van der Waals surface area contributed by atoms with Gasteiger partial charge in [-0.15, -0.1) is 0 Å². The lowest BCUT2D eigenvalue weighted by molar-refractivity contribution is -0.152. The maximum absolute atomic E-state index is 13.3. The van der Waals surface area contributed by atoms with E-state index in [1.54, 1.807) is 0 Å². The molecule has 6 heteroatoms. The topological polar surface area (TPSA) is 77.8 Å².